The number of rotatable bonds is 5. The Balaban J connectivity index is 1.59. The average molecular weight is 344 g/mol. The normalized spacial score (nSPS) is 15.0. The van der Waals surface area contributed by atoms with Crippen molar-refractivity contribution < 1.29 is 14.3 Å². The molecule has 2 aromatic heterocycles. The van der Waals surface area contributed by atoms with Gasteiger partial charge in [0.1, 0.15) is 11.5 Å². The number of anilines is 1. The van der Waals surface area contributed by atoms with Crippen molar-refractivity contribution in [3.63, 3.8) is 0 Å². The third kappa shape index (κ3) is 3.93. The van der Waals surface area contributed by atoms with E-state index in [-0.39, 0.29) is 23.7 Å². The number of nitrogens with zero attached hydrogens (tertiary/aromatic N) is 5. The molecular weight excluding hydrogens is 324 g/mol. The van der Waals surface area contributed by atoms with Gasteiger partial charge in [-0.3, -0.25) is 14.3 Å². The molecule has 0 bridgehead atoms. The number of aromatic nitrogens is 4. The van der Waals surface area contributed by atoms with Gasteiger partial charge in [0.15, 0.2) is 6.29 Å². The fraction of sp³-hybridized carbons (Fsp3) is 0.438. The lowest BCUT2D eigenvalue weighted by Gasteiger charge is -2.32. The maximum absolute atomic E-state index is 12.4. The molecule has 25 heavy (non-hydrogen) atoms. The van der Waals surface area contributed by atoms with Crippen LogP contribution < -0.4 is 10.1 Å². The maximum Gasteiger partial charge on any atom is 0.318 e. The largest absolute Gasteiger partial charge is 0.467 e. The molecule has 0 atom stereocenters. The van der Waals surface area contributed by atoms with E-state index in [9.17, 15) is 9.59 Å². The van der Waals surface area contributed by atoms with Crippen molar-refractivity contribution in [2.75, 3.05) is 25.5 Å². The molecule has 9 heteroatoms. The Morgan fingerprint density at radius 3 is 2.72 bits per heavy atom. The SMILES string of the molecule is COc1nc(C=O)cc(NC2CCN(C(=O)c3cnn(C)c3)CC2)n1. The summed E-state index contributed by atoms with van der Waals surface area (Å²) in [5.41, 5.74) is 0.864. The Morgan fingerprint density at radius 2 is 2.12 bits per heavy atom. The molecule has 3 heterocycles. The van der Waals surface area contributed by atoms with Gasteiger partial charge in [-0.1, -0.05) is 0 Å². The molecule has 0 radical (unpaired) electrons. The summed E-state index contributed by atoms with van der Waals surface area (Å²) in [6.07, 6.45) is 5.54. The number of ether oxygens (including phenoxy) is 1. The highest BCUT2D eigenvalue weighted by Crippen LogP contribution is 2.18. The highest BCUT2D eigenvalue weighted by atomic mass is 16.5. The van der Waals surface area contributed by atoms with Crippen LogP contribution in [0.5, 0.6) is 6.01 Å². The molecule has 0 unspecified atom stereocenters. The minimum Gasteiger partial charge on any atom is -0.467 e. The van der Waals surface area contributed by atoms with Crippen molar-refractivity contribution in [2.45, 2.75) is 18.9 Å². The first-order valence-corrected chi connectivity index (χ1v) is 8.01. The molecule has 1 N–H and O–H groups in total. The molecule has 0 aliphatic carbocycles. The number of methoxy groups -OCH3 is 1. The minimum absolute atomic E-state index is 0.00139. The zero-order chi connectivity index (χ0) is 17.8. The summed E-state index contributed by atoms with van der Waals surface area (Å²) < 4.78 is 6.62. The zero-order valence-corrected chi connectivity index (χ0v) is 14.2. The molecule has 1 amide bonds. The van der Waals surface area contributed by atoms with Gasteiger partial charge in [-0.25, -0.2) is 0 Å². The van der Waals surface area contributed by atoms with E-state index < -0.39 is 0 Å². The highest BCUT2D eigenvalue weighted by molar-refractivity contribution is 5.93. The van der Waals surface area contributed by atoms with Crippen LogP contribution in [0.4, 0.5) is 5.82 Å². The van der Waals surface area contributed by atoms with Crippen LogP contribution in [0.15, 0.2) is 18.5 Å². The number of nitrogens with one attached hydrogen (secondary N) is 1. The Bertz CT molecular complexity index is 767. The number of likely N-dealkylation sites (tertiary alicyclic amines) is 1. The first-order valence-electron chi connectivity index (χ1n) is 8.01. The van der Waals surface area contributed by atoms with Gasteiger partial charge in [0.2, 0.25) is 0 Å². The van der Waals surface area contributed by atoms with Crippen LogP contribution in [0.25, 0.3) is 0 Å². The number of aldehydes is 1. The van der Waals surface area contributed by atoms with E-state index in [0.717, 1.165) is 12.8 Å². The van der Waals surface area contributed by atoms with Crippen LogP contribution in [0, 0.1) is 0 Å². The van der Waals surface area contributed by atoms with Crippen molar-refractivity contribution in [3.05, 3.63) is 29.7 Å². The molecule has 9 nitrogen and oxygen atoms in total. The molecule has 1 aliphatic heterocycles. The van der Waals surface area contributed by atoms with Crippen molar-refractivity contribution in [1.29, 1.82) is 0 Å². The number of hydrogen-bond acceptors (Lipinski definition) is 7. The molecule has 0 aromatic carbocycles. The van der Waals surface area contributed by atoms with Gasteiger partial charge >= 0.3 is 6.01 Å². The number of carbonyl (C=O) groups excluding carboxylic acids is 2. The lowest BCUT2D eigenvalue weighted by molar-refractivity contribution is 0.0718. The average Bonchev–Trinajstić information content (AvgIpc) is 3.07. The predicted octanol–water partition coefficient (Wildman–Crippen LogP) is 0.748. The van der Waals surface area contributed by atoms with Crippen LogP contribution >= 0.6 is 0 Å². The Labute approximate surface area is 145 Å². The smallest absolute Gasteiger partial charge is 0.318 e. The van der Waals surface area contributed by atoms with E-state index in [1.807, 2.05) is 4.90 Å². The van der Waals surface area contributed by atoms with Crippen molar-refractivity contribution >= 4 is 18.0 Å². The van der Waals surface area contributed by atoms with Gasteiger partial charge in [-0.05, 0) is 12.8 Å². The van der Waals surface area contributed by atoms with Crippen molar-refractivity contribution in [2.24, 2.45) is 7.05 Å². The quantitative estimate of drug-likeness (QED) is 0.798. The Hall–Kier alpha value is -2.97. The molecule has 132 valence electrons. The van der Waals surface area contributed by atoms with Crippen molar-refractivity contribution in [3.8, 4) is 6.01 Å². The number of hydrogen-bond donors (Lipinski definition) is 1. The van der Waals surface area contributed by atoms with Crippen LogP contribution in [0.1, 0.15) is 33.7 Å². The first-order chi connectivity index (χ1) is 12.1. The van der Waals surface area contributed by atoms with E-state index in [0.29, 0.717) is 30.8 Å². The van der Waals surface area contributed by atoms with E-state index in [4.69, 9.17) is 4.74 Å². The predicted molar refractivity (Wildman–Crippen MR) is 89.7 cm³/mol. The second-order valence-corrected chi connectivity index (χ2v) is 5.90. The van der Waals surface area contributed by atoms with Crippen molar-refractivity contribution in [1.82, 2.24) is 24.6 Å². The van der Waals surface area contributed by atoms with E-state index >= 15 is 0 Å². The number of amides is 1. The second kappa shape index (κ2) is 7.29. The third-order valence-electron chi connectivity index (χ3n) is 4.11. The molecule has 1 aliphatic rings. The first kappa shape index (κ1) is 16.9. The number of carbonyl (C=O) groups is 2. The zero-order valence-electron chi connectivity index (χ0n) is 14.2. The monoisotopic (exact) mass is 344 g/mol. The highest BCUT2D eigenvalue weighted by Gasteiger charge is 2.24. The minimum atomic E-state index is -0.00139. The van der Waals surface area contributed by atoms with Gasteiger partial charge in [-0.15, -0.1) is 0 Å². The molecule has 1 saturated heterocycles. The number of piperidine rings is 1. The van der Waals surface area contributed by atoms with Gasteiger partial charge in [-0.2, -0.15) is 15.1 Å². The summed E-state index contributed by atoms with van der Waals surface area (Å²) in [7, 11) is 3.24. The summed E-state index contributed by atoms with van der Waals surface area (Å²) in [5.74, 6) is 0.546. The van der Waals surface area contributed by atoms with E-state index in [1.165, 1.54) is 7.11 Å². The van der Waals surface area contributed by atoms with E-state index in [2.05, 4.69) is 20.4 Å². The van der Waals surface area contributed by atoms with Crippen LogP contribution in [0.2, 0.25) is 0 Å². The van der Waals surface area contributed by atoms with Crippen LogP contribution in [0.3, 0.4) is 0 Å². The summed E-state index contributed by atoms with van der Waals surface area (Å²) in [6.45, 7) is 1.29. The third-order valence-corrected chi connectivity index (χ3v) is 4.11. The fourth-order valence-corrected chi connectivity index (χ4v) is 2.82. The van der Waals surface area contributed by atoms with Gasteiger partial charge in [0.25, 0.3) is 5.91 Å². The standard InChI is InChI=1S/C16H20N6O3/c1-21-9-11(8-17-21)15(24)22-5-3-12(4-6-22)18-14-7-13(10-23)19-16(20-14)25-2/h7-10,12H,3-6H2,1-2H3,(H,18,19,20). The van der Waals surface area contributed by atoms with E-state index in [1.54, 1.807) is 30.2 Å². The molecule has 0 spiro atoms. The summed E-state index contributed by atoms with van der Waals surface area (Å²) >= 11 is 0. The fourth-order valence-electron chi connectivity index (χ4n) is 2.82. The Morgan fingerprint density at radius 1 is 1.36 bits per heavy atom. The van der Waals surface area contributed by atoms with Gasteiger partial charge in [0, 0.05) is 38.4 Å². The molecule has 1 fully saturated rings. The Kier molecular flexibility index (Phi) is 4.92. The van der Waals surface area contributed by atoms with Gasteiger partial charge in [0.05, 0.1) is 18.9 Å². The lowest BCUT2D eigenvalue weighted by Crippen LogP contribution is -2.42. The van der Waals surface area contributed by atoms with Crippen LogP contribution in [-0.2, 0) is 7.05 Å². The maximum atomic E-state index is 12.4. The summed E-state index contributed by atoms with van der Waals surface area (Å²) in [5, 5.41) is 7.33. The second-order valence-electron chi connectivity index (χ2n) is 5.90. The topological polar surface area (TPSA) is 102 Å². The molecule has 0 saturated carbocycles. The molecule has 3 rings (SSSR count). The number of aryl methyl sites for hydroxylation is 1. The lowest BCUT2D eigenvalue weighted by atomic mass is 10.0. The molecular formula is C16H20N6O3. The van der Waals surface area contributed by atoms with Gasteiger partial charge < -0.3 is 15.0 Å². The molecule has 2 aromatic rings. The van der Waals surface area contributed by atoms with Crippen LogP contribution in [-0.4, -0.2) is 63.1 Å². The summed E-state index contributed by atoms with van der Waals surface area (Å²) in [6, 6.07) is 1.90. The summed E-state index contributed by atoms with van der Waals surface area (Å²) in [4.78, 5) is 33.3.